The predicted octanol–water partition coefficient (Wildman–Crippen LogP) is 0.758. The quantitative estimate of drug-likeness (QED) is 0.178. The predicted molar refractivity (Wildman–Crippen MR) is 122 cm³/mol. The molecule has 0 saturated heterocycles. The molecule has 36 heavy (non-hydrogen) atoms. The number of carbonyl (C=O) groups excluding carboxylic acids is 1. The molecule has 1 aromatic carbocycles. The van der Waals surface area contributed by atoms with E-state index in [2.05, 4.69) is 13.4 Å². The van der Waals surface area contributed by atoms with Crippen LogP contribution < -0.4 is 11.2 Å². The van der Waals surface area contributed by atoms with E-state index in [1.165, 1.54) is 12.1 Å². The average molecular weight is 552 g/mol. The van der Waals surface area contributed by atoms with E-state index < -0.39 is 65.0 Å². The van der Waals surface area contributed by atoms with Crippen LogP contribution in [0.25, 0.3) is 0 Å². The number of nitrogens with zero attached hydrogens (tertiary/aromatic N) is 1. The van der Waals surface area contributed by atoms with Gasteiger partial charge >= 0.3 is 27.3 Å². The van der Waals surface area contributed by atoms with Gasteiger partial charge in [0.25, 0.3) is 5.56 Å². The highest BCUT2D eigenvalue weighted by atomic mass is 31.3. The molecule has 0 aliphatic rings. The summed E-state index contributed by atoms with van der Waals surface area (Å²) in [6.45, 7) is -0.752. The first-order chi connectivity index (χ1) is 16.9. The average Bonchev–Trinajstić information content (AvgIpc) is 2.82. The smallest absolute Gasteiger partial charge is 0.459 e. The molecule has 3 unspecified atom stereocenters. The Morgan fingerprint density at radius 2 is 1.72 bits per heavy atom. The lowest BCUT2D eigenvalue weighted by molar-refractivity contribution is -0.102. The lowest BCUT2D eigenvalue weighted by Gasteiger charge is -2.24. The van der Waals surface area contributed by atoms with Gasteiger partial charge in [-0.25, -0.2) is 18.7 Å². The molecule has 15 nitrogen and oxygen atoms in total. The van der Waals surface area contributed by atoms with E-state index in [9.17, 15) is 38.4 Å². The Morgan fingerprint density at radius 1 is 1.06 bits per heavy atom. The van der Waals surface area contributed by atoms with Crippen LogP contribution >= 0.6 is 15.6 Å². The number of nitrogens with one attached hydrogen (secondary N) is 1. The second kappa shape index (κ2) is 13.7. The van der Waals surface area contributed by atoms with Crippen LogP contribution in [0, 0.1) is 0 Å². The van der Waals surface area contributed by atoms with Crippen LogP contribution in [0.4, 0.5) is 0 Å². The van der Waals surface area contributed by atoms with Gasteiger partial charge in [0.2, 0.25) is 0 Å². The number of rotatable bonds is 15. The van der Waals surface area contributed by atoms with Gasteiger partial charge in [-0.1, -0.05) is 25.1 Å². The first-order valence-electron chi connectivity index (χ1n) is 10.4. The summed E-state index contributed by atoms with van der Waals surface area (Å²) in [4.78, 5) is 56.4. The van der Waals surface area contributed by atoms with Gasteiger partial charge in [0.1, 0.15) is 25.5 Å². The molecule has 17 heteroatoms. The molecule has 0 aliphatic carbocycles. The van der Waals surface area contributed by atoms with E-state index in [0.29, 0.717) is 6.42 Å². The number of H-pyrrole nitrogens is 1. The molecule has 1 aromatic heterocycles. The summed E-state index contributed by atoms with van der Waals surface area (Å²) in [7, 11) is -10.1. The molecule has 4 N–H and O–H groups in total. The summed E-state index contributed by atoms with van der Waals surface area (Å²) in [6.07, 6.45) is -1.77. The van der Waals surface area contributed by atoms with Gasteiger partial charge in [-0.2, -0.15) is 4.31 Å². The third-order valence-electron chi connectivity index (χ3n) is 4.22. The molecule has 1 heterocycles. The molecule has 0 spiro atoms. The minimum Gasteiger partial charge on any atom is -0.459 e. The largest absolute Gasteiger partial charge is 0.481 e. The Labute approximate surface area is 204 Å². The Balaban J connectivity index is 2.08. The number of esters is 1. The number of aliphatic hydroxyl groups excluding tert-OH is 1. The van der Waals surface area contributed by atoms with E-state index in [0.717, 1.165) is 16.8 Å². The molecule has 200 valence electrons. The van der Waals surface area contributed by atoms with E-state index in [-0.39, 0.29) is 12.2 Å². The van der Waals surface area contributed by atoms with Gasteiger partial charge in [0, 0.05) is 12.3 Å². The van der Waals surface area contributed by atoms with E-state index in [1.807, 2.05) is 4.98 Å². The number of carbonyl (C=O) groups is 1. The maximum atomic E-state index is 12.1. The van der Waals surface area contributed by atoms with Crippen molar-refractivity contribution < 1.29 is 51.6 Å². The second-order valence-electron chi connectivity index (χ2n) is 7.09. The van der Waals surface area contributed by atoms with Gasteiger partial charge in [-0.05, 0) is 18.6 Å². The zero-order valence-corrected chi connectivity index (χ0v) is 20.8. The fourth-order valence-electron chi connectivity index (χ4n) is 2.47. The molecule has 0 amide bonds. The molecule has 0 bridgehead atoms. The topological polar surface area (TPSA) is 213 Å². The van der Waals surface area contributed by atoms with Gasteiger partial charge < -0.3 is 24.4 Å². The third-order valence-corrected chi connectivity index (χ3v) is 6.85. The number of aromatic nitrogens is 2. The highest BCUT2D eigenvalue weighted by molar-refractivity contribution is 7.61. The van der Waals surface area contributed by atoms with E-state index in [4.69, 9.17) is 9.47 Å². The number of hydrogen-bond acceptors (Lipinski definition) is 11. The fraction of sp³-hybridized carbons (Fsp3) is 0.421. The molecular formula is C19H26N2O13P2. The monoisotopic (exact) mass is 552 g/mol. The Kier molecular flexibility index (Phi) is 11.4. The molecule has 2 aromatic rings. The lowest BCUT2D eigenvalue weighted by Crippen LogP contribution is -2.39. The minimum atomic E-state index is -5.20. The summed E-state index contributed by atoms with van der Waals surface area (Å²) < 4.78 is 48.4. The number of benzene rings is 1. The van der Waals surface area contributed by atoms with Crippen LogP contribution in [-0.2, 0) is 38.7 Å². The van der Waals surface area contributed by atoms with Crippen molar-refractivity contribution in [3.63, 3.8) is 0 Å². The van der Waals surface area contributed by atoms with Gasteiger partial charge in [0.15, 0.2) is 0 Å². The molecule has 0 fully saturated rings. The number of hydrogen-bond donors (Lipinski definition) is 4. The zero-order chi connectivity index (χ0) is 26.8. The Morgan fingerprint density at radius 3 is 2.36 bits per heavy atom. The lowest BCUT2D eigenvalue weighted by atomic mass is 10.2. The van der Waals surface area contributed by atoms with Crippen molar-refractivity contribution >= 4 is 21.6 Å². The van der Waals surface area contributed by atoms with Crippen molar-refractivity contribution in [1.29, 1.82) is 0 Å². The first-order valence-corrected chi connectivity index (χ1v) is 13.4. The van der Waals surface area contributed by atoms with Crippen molar-refractivity contribution in [3.8, 4) is 0 Å². The number of aliphatic hydroxyl groups is 1. The molecule has 2 rings (SSSR count). The highest BCUT2D eigenvalue weighted by Gasteiger charge is 2.36. The normalized spacial score (nSPS) is 16.4. The maximum Gasteiger partial charge on any atom is 0.481 e. The van der Waals surface area contributed by atoms with E-state index >= 15 is 0 Å². The zero-order valence-electron chi connectivity index (χ0n) is 19.0. The molecule has 0 aliphatic heterocycles. The van der Waals surface area contributed by atoms with Crippen LogP contribution in [0.5, 0.6) is 0 Å². The number of aromatic amines is 1. The summed E-state index contributed by atoms with van der Waals surface area (Å²) in [5, 5.41) is 10.5. The molecule has 4 atom stereocenters. The van der Waals surface area contributed by atoms with Crippen molar-refractivity contribution in [2.24, 2.45) is 0 Å². The maximum absolute atomic E-state index is 12.1. The van der Waals surface area contributed by atoms with Crippen molar-refractivity contribution in [1.82, 2.24) is 9.55 Å². The number of phosphoric ester groups is 2. The van der Waals surface area contributed by atoms with Crippen LogP contribution in [0.3, 0.4) is 0 Å². The Hall–Kier alpha value is -2.45. The summed E-state index contributed by atoms with van der Waals surface area (Å²) in [5.74, 6) is -0.781. The van der Waals surface area contributed by atoms with E-state index in [1.54, 1.807) is 25.1 Å². The van der Waals surface area contributed by atoms with Gasteiger partial charge in [-0.15, -0.1) is 0 Å². The second-order valence-corrected chi connectivity index (χ2v) is 10.1. The molecular weight excluding hydrogens is 526 g/mol. The minimum absolute atomic E-state index is 0.192. The van der Waals surface area contributed by atoms with Crippen molar-refractivity contribution in [3.05, 3.63) is 69.0 Å². The first kappa shape index (κ1) is 29.8. The third kappa shape index (κ3) is 10.3. The van der Waals surface area contributed by atoms with Crippen molar-refractivity contribution in [2.45, 2.75) is 32.3 Å². The summed E-state index contributed by atoms with van der Waals surface area (Å²) in [5.41, 5.74) is -1.32. The summed E-state index contributed by atoms with van der Waals surface area (Å²) in [6, 6.07) is 8.84. The summed E-state index contributed by atoms with van der Waals surface area (Å²) >= 11 is 0. The molecule has 0 radical (unpaired) electrons. The standard InChI is InChI=1S/C19H26N2O13P2/c1-2-10-32-35(26,27)34-36(28,29)33-12-16(31-13-21-9-8-17(23)20-19(21)25)15(22)11-30-18(24)14-6-4-3-5-7-14/h3-9,15-16,22H,2,10-13H2,1H3,(H,26,27)(H,28,29)(H,20,23,25)/t15?,16-/m1/s1. The fourth-order valence-corrected chi connectivity index (χ4v) is 4.64. The number of phosphoric acid groups is 2. The highest BCUT2D eigenvalue weighted by Crippen LogP contribution is 2.60. The SMILES string of the molecule is CCCOP(=O)(O)OP(=O)(O)OC[C@@H](OCn1ccc(=O)[nH]c1=O)C(O)COC(=O)c1ccccc1. The van der Waals surface area contributed by atoms with Crippen LogP contribution in [0.1, 0.15) is 23.7 Å². The van der Waals surface area contributed by atoms with Gasteiger partial charge in [0.05, 0.1) is 18.8 Å². The van der Waals surface area contributed by atoms with Crippen LogP contribution in [-0.4, -0.2) is 62.4 Å². The van der Waals surface area contributed by atoms with Crippen molar-refractivity contribution in [2.75, 3.05) is 19.8 Å². The molecule has 0 saturated carbocycles. The van der Waals surface area contributed by atoms with Crippen LogP contribution in [0.2, 0.25) is 0 Å². The van der Waals surface area contributed by atoms with Gasteiger partial charge in [-0.3, -0.25) is 23.4 Å². The number of ether oxygens (including phenoxy) is 2. The Bertz CT molecular complexity index is 1200. The van der Waals surface area contributed by atoms with Crippen LogP contribution in [0.15, 0.2) is 52.2 Å².